The van der Waals surface area contributed by atoms with E-state index in [4.69, 9.17) is 4.74 Å². The van der Waals surface area contributed by atoms with Crippen LogP contribution >= 0.6 is 15.9 Å². The highest BCUT2D eigenvalue weighted by atomic mass is 79.9. The molecule has 124 valence electrons. The highest BCUT2D eigenvalue weighted by Crippen LogP contribution is 2.22. The van der Waals surface area contributed by atoms with Gasteiger partial charge in [-0.3, -0.25) is 4.79 Å². The van der Waals surface area contributed by atoms with E-state index in [1.807, 2.05) is 24.3 Å². The van der Waals surface area contributed by atoms with Crippen molar-refractivity contribution >= 4 is 33.9 Å². The molecule has 0 saturated heterocycles. The van der Waals surface area contributed by atoms with Crippen molar-refractivity contribution in [1.29, 1.82) is 0 Å². The number of carboxylic acids is 1. The maximum Gasteiger partial charge on any atom is 0.352 e. The van der Waals surface area contributed by atoms with Crippen LogP contribution in [0.15, 0.2) is 58.7 Å². The van der Waals surface area contributed by atoms with Gasteiger partial charge in [-0.25, -0.2) is 4.79 Å². The molecule has 2 rings (SSSR count). The van der Waals surface area contributed by atoms with Crippen LogP contribution in [-0.4, -0.2) is 17.0 Å². The van der Waals surface area contributed by atoms with E-state index >= 15 is 0 Å². The highest BCUT2D eigenvalue weighted by Gasteiger charge is 2.11. The highest BCUT2D eigenvalue weighted by molar-refractivity contribution is 9.10. The Hall–Kier alpha value is -2.60. The third-order valence-electron chi connectivity index (χ3n) is 3.04. The normalized spacial score (nSPS) is 11.0. The summed E-state index contributed by atoms with van der Waals surface area (Å²) in [5.74, 6) is -1.13. The molecule has 0 heterocycles. The number of amides is 1. The molecule has 6 heteroatoms. The summed E-state index contributed by atoms with van der Waals surface area (Å²) in [5.41, 5.74) is 1.34. The number of hydrogen-bond acceptors (Lipinski definition) is 3. The van der Waals surface area contributed by atoms with Gasteiger partial charge in [0, 0.05) is 17.0 Å². The van der Waals surface area contributed by atoms with Crippen LogP contribution in [0.4, 0.5) is 0 Å². The zero-order valence-electron chi connectivity index (χ0n) is 13.0. The molecular weight excluding hydrogens is 374 g/mol. The van der Waals surface area contributed by atoms with E-state index in [9.17, 15) is 14.7 Å². The van der Waals surface area contributed by atoms with Crippen LogP contribution in [0.1, 0.15) is 18.1 Å². The summed E-state index contributed by atoms with van der Waals surface area (Å²) >= 11 is 3.40. The number of aliphatic carboxylic acids is 1. The molecule has 24 heavy (non-hydrogen) atoms. The van der Waals surface area contributed by atoms with E-state index in [1.54, 1.807) is 24.3 Å². The van der Waals surface area contributed by atoms with Crippen LogP contribution in [0.2, 0.25) is 0 Å². The van der Waals surface area contributed by atoms with Crippen molar-refractivity contribution in [2.75, 3.05) is 0 Å². The summed E-state index contributed by atoms with van der Waals surface area (Å²) in [6, 6.07) is 14.7. The Morgan fingerprint density at radius 3 is 2.62 bits per heavy atom. The Labute approximate surface area is 148 Å². The fourth-order valence-corrected chi connectivity index (χ4v) is 2.46. The van der Waals surface area contributed by atoms with Crippen molar-refractivity contribution < 1.29 is 19.4 Å². The van der Waals surface area contributed by atoms with Crippen LogP contribution in [0.25, 0.3) is 6.08 Å². The standard InChI is InChI=1S/C18H16BrNO4/c1-12(21)20-16(18(22)23)10-14-6-2-3-8-17(14)24-11-13-5-4-7-15(19)9-13/h2-10H,11H2,1H3,(H,20,21)(H,22,23). The molecule has 0 aliphatic heterocycles. The van der Waals surface area contributed by atoms with Crippen molar-refractivity contribution in [2.45, 2.75) is 13.5 Å². The fourth-order valence-electron chi connectivity index (χ4n) is 2.02. The first-order valence-electron chi connectivity index (χ1n) is 7.14. The Balaban J connectivity index is 2.23. The maximum absolute atomic E-state index is 11.2. The average molecular weight is 390 g/mol. The van der Waals surface area contributed by atoms with E-state index in [0.717, 1.165) is 10.0 Å². The molecule has 0 unspecified atom stereocenters. The van der Waals surface area contributed by atoms with Crippen molar-refractivity contribution in [3.63, 3.8) is 0 Å². The number of ether oxygens (including phenoxy) is 1. The van der Waals surface area contributed by atoms with Gasteiger partial charge in [-0.1, -0.05) is 46.3 Å². The van der Waals surface area contributed by atoms with Crippen molar-refractivity contribution in [2.24, 2.45) is 0 Å². The van der Waals surface area contributed by atoms with Gasteiger partial charge in [0.2, 0.25) is 5.91 Å². The van der Waals surface area contributed by atoms with E-state index in [0.29, 0.717) is 17.9 Å². The third-order valence-corrected chi connectivity index (χ3v) is 3.54. The molecular formula is C18H16BrNO4. The number of benzene rings is 2. The third kappa shape index (κ3) is 5.24. The first-order chi connectivity index (χ1) is 11.5. The molecule has 0 aromatic heterocycles. The second kappa shape index (κ2) is 8.31. The molecule has 2 aromatic carbocycles. The first-order valence-corrected chi connectivity index (χ1v) is 7.94. The molecule has 2 aromatic rings. The molecule has 0 bridgehead atoms. The molecule has 1 amide bonds. The van der Waals surface area contributed by atoms with Gasteiger partial charge in [0.1, 0.15) is 18.1 Å². The molecule has 0 radical (unpaired) electrons. The summed E-state index contributed by atoms with van der Waals surface area (Å²) < 4.78 is 6.75. The molecule has 0 aliphatic rings. The van der Waals surface area contributed by atoms with E-state index < -0.39 is 11.9 Å². The largest absolute Gasteiger partial charge is 0.488 e. The van der Waals surface area contributed by atoms with Crippen molar-refractivity contribution in [1.82, 2.24) is 5.32 Å². The number of nitrogens with one attached hydrogen (secondary N) is 1. The minimum absolute atomic E-state index is 0.207. The monoisotopic (exact) mass is 389 g/mol. The van der Waals surface area contributed by atoms with Gasteiger partial charge >= 0.3 is 5.97 Å². The zero-order valence-corrected chi connectivity index (χ0v) is 14.5. The first kappa shape index (κ1) is 17.7. The zero-order chi connectivity index (χ0) is 17.5. The Morgan fingerprint density at radius 2 is 1.96 bits per heavy atom. The lowest BCUT2D eigenvalue weighted by Gasteiger charge is -2.10. The van der Waals surface area contributed by atoms with Crippen LogP contribution < -0.4 is 10.1 Å². The van der Waals surface area contributed by atoms with Gasteiger partial charge in [0.05, 0.1) is 0 Å². The van der Waals surface area contributed by atoms with Crippen molar-refractivity contribution in [3.8, 4) is 5.75 Å². The van der Waals surface area contributed by atoms with Gasteiger partial charge < -0.3 is 15.2 Å². The molecule has 5 nitrogen and oxygen atoms in total. The fraction of sp³-hybridized carbons (Fsp3) is 0.111. The van der Waals surface area contributed by atoms with Crippen LogP contribution in [0.5, 0.6) is 5.75 Å². The SMILES string of the molecule is CC(=O)NC(=Cc1ccccc1OCc1cccc(Br)c1)C(=O)O. The van der Waals surface area contributed by atoms with Crippen LogP contribution in [0, 0.1) is 0 Å². The molecule has 0 atom stereocenters. The summed E-state index contributed by atoms with van der Waals surface area (Å²) in [4.78, 5) is 22.4. The number of halogens is 1. The summed E-state index contributed by atoms with van der Waals surface area (Å²) in [5, 5.41) is 11.5. The van der Waals surface area contributed by atoms with Gasteiger partial charge in [-0.15, -0.1) is 0 Å². The topological polar surface area (TPSA) is 75.6 Å². The average Bonchev–Trinajstić information content (AvgIpc) is 2.53. The number of carbonyl (C=O) groups excluding carboxylic acids is 1. The molecule has 0 aliphatic carbocycles. The maximum atomic E-state index is 11.2. The number of carboxylic acid groups (broad SMARTS) is 1. The Bertz CT molecular complexity index is 786. The van der Waals surface area contributed by atoms with Gasteiger partial charge in [-0.2, -0.15) is 0 Å². The lowest BCUT2D eigenvalue weighted by molar-refractivity contribution is -0.134. The minimum Gasteiger partial charge on any atom is -0.488 e. The van der Waals surface area contributed by atoms with Crippen molar-refractivity contribution in [3.05, 3.63) is 69.8 Å². The van der Waals surface area contributed by atoms with E-state index in [1.165, 1.54) is 13.0 Å². The van der Waals surface area contributed by atoms with Gasteiger partial charge in [-0.05, 0) is 29.8 Å². The molecule has 2 N–H and O–H groups in total. The minimum atomic E-state index is -1.22. The Kier molecular flexibility index (Phi) is 6.14. The second-order valence-corrected chi connectivity index (χ2v) is 5.92. The van der Waals surface area contributed by atoms with E-state index in [-0.39, 0.29) is 5.70 Å². The number of hydrogen-bond donors (Lipinski definition) is 2. The van der Waals surface area contributed by atoms with E-state index in [2.05, 4.69) is 21.2 Å². The second-order valence-electron chi connectivity index (χ2n) is 5.00. The predicted molar refractivity (Wildman–Crippen MR) is 94.3 cm³/mol. The number of carbonyl (C=O) groups is 2. The lowest BCUT2D eigenvalue weighted by atomic mass is 10.1. The Morgan fingerprint density at radius 1 is 1.21 bits per heavy atom. The number of para-hydroxylation sites is 1. The smallest absolute Gasteiger partial charge is 0.352 e. The van der Waals surface area contributed by atoms with Crippen LogP contribution in [0.3, 0.4) is 0 Å². The molecule has 0 spiro atoms. The van der Waals surface area contributed by atoms with Crippen LogP contribution in [-0.2, 0) is 16.2 Å². The summed E-state index contributed by atoms with van der Waals surface area (Å²) in [6.07, 6.45) is 1.37. The lowest BCUT2D eigenvalue weighted by Crippen LogP contribution is -2.24. The predicted octanol–water partition coefficient (Wildman–Crippen LogP) is 3.59. The number of rotatable bonds is 6. The van der Waals surface area contributed by atoms with Gasteiger partial charge in [0.25, 0.3) is 0 Å². The van der Waals surface area contributed by atoms with Gasteiger partial charge in [0.15, 0.2) is 0 Å². The molecule has 0 fully saturated rings. The summed E-state index contributed by atoms with van der Waals surface area (Å²) in [7, 11) is 0. The quantitative estimate of drug-likeness (QED) is 0.740. The molecule has 0 saturated carbocycles. The summed E-state index contributed by atoms with van der Waals surface area (Å²) in [6.45, 7) is 1.60.